The van der Waals surface area contributed by atoms with Crippen LogP contribution in [0, 0.1) is 0 Å². The van der Waals surface area contributed by atoms with Gasteiger partial charge in [-0.25, -0.2) is 4.57 Å². The molecule has 2 atom stereocenters. The van der Waals surface area contributed by atoms with Gasteiger partial charge in [-0.2, -0.15) is 0 Å². The average molecular weight is 729 g/mol. The Balaban J connectivity index is 4.46. The second-order valence-corrected chi connectivity index (χ2v) is 15.8. The number of ether oxygens (including phenoxy) is 2. The predicted octanol–water partition coefficient (Wildman–Crippen LogP) is 10.6. The van der Waals surface area contributed by atoms with E-state index < -0.39 is 26.5 Å². The standard InChI is InChI=1S/C40H74NO8P/c1-6-8-10-12-14-16-18-19-20-21-23-25-27-29-31-33-40(43)49-38(37-48-50(44,45)47-35-34-41(3,4)5)36-46-39(42)32-30-28-26-24-22-17-15-13-11-9-7-2/h13-16,19-20,38H,6-12,17-18,21-37H2,1-5H3/p+1/b15-13-,16-14-,20-19-. The normalized spacial score (nSPS) is 14.1. The van der Waals surface area contributed by atoms with Gasteiger partial charge < -0.3 is 18.9 Å². The molecule has 2 unspecified atom stereocenters. The Hall–Kier alpha value is -1.77. The van der Waals surface area contributed by atoms with E-state index in [1.165, 1.54) is 38.5 Å². The van der Waals surface area contributed by atoms with Gasteiger partial charge in [-0.05, 0) is 64.2 Å². The molecule has 0 aliphatic heterocycles. The van der Waals surface area contributed by atoms with Crippen molar-refractivity contribution in [2.75, 3.05) is 47.5 Å². The van der Waals surface area contributed by atoms with Gasteiger partial charge in [0.1, 0.15) is 19.8 Å². The number of hydrogen-bond donors (Lipinski definition) is 1. The minimum Gasteiger partial charge on any atom is -0.462 e. The molecule has 0 aromatic carbocycles. The Labute approximate surface area is 306 Å². The topological polar surface area (TPSA) is 108 Å². The maximum atomic E-state index is 12.6. The van der Waals surface area contributed by atoms with E-state index in [2.05, 4.69) is 50.3 Å². The fraction of sp³-hybridized carbons (Fsp3) is 0.800. The van der Waals surface area contributed by atoms with E-state index in [4.69, 9.17) is 18.5 Å². The van der Waals surface area contributed by atoms with Gasteiger partial charge in [0.05, 0.1) is 27.7 Å². The van der Waals surface area contributed by atoms with Crippen molar-refractivity contribution in [1.82, 2.24) is 0 Å². The Bertz CT molecular complexity index is 959. The Morgan fingerprint density at radius 3 is 1.66 bits per heavy atom. The molecule has 0 rings (SSSR count). The zero-order chi connectivity index (χ0) is 37.2. The van der Waals surface area contributed by atoms with Gasteiger partial charge in [0.2, 0.25) is 0 Å². The summed E-state index contributed by atoms with van der Waals surface area (Å²) in [7, 11) is 1.46. The first kappa shape index (κ1) is 48.2. The maximum absolute atomic E-state index is 12.6. The molecular formula is C40H75NO8P+. The molecule has 0 bridgehead atoms. The third-order valence-corrected chi connectivity index (χ3v) is 9.13. The molecule has 292 valence electrons. The second kappa shape index (κ2) is 33.1. The summed E-state index contributed by atoms with van der Waals surface area (Å²) in [6, 6.07) is 0. The lowest BCUT2D eigenvalue weighted by molar-refractivity contribution is -0.870. The SMILES string of the molecule is CCCC/C=C\CCCCCCCC(=O)OCC(COP(=O)(O)OCC[N+](C)(C)C)OC(=O)CCCCCCC/C=C\C/C=C\CCCCC. The highest BCUT2D eigenvalue weighted by atomic mass is 31.2. The number of nitrogens with zero attached hydrogens (tertiary/aromatic N) is 1. The third kappa shape index (κ3) is 36.0. The molecule has 0 spiro atoms. The second-order valence-electron chi connectivity index (χ2n) is 14.3. The number of rotatable bonds is 35. The molecule has 9 nitrogen and oxygen atoms in total. The number of quaternary nitrogens is 1. The zero-order valence-electron chi connectivity index (χ0n) is 32.6. The molecule has 0 aromatic rings. The quantitative estimate of drug-likeness (QED) is 0.0226. The minimum absolute atomic E-state index is 0.0270. The Morgan fingerprint density at radius 1 is 0.620 bits per heavy atom. The van der Waals surface area contributed by atoms with E-state index in [0.29, 0.717) is 17.4 Å². The van der Waals surface area contributed by atoms with Gasteiger partial charge in [0.15, 0.2) is 6.10 Å². The van der Waals surface area contributed by atoms with Gasteiger partial charge in [-0.3, -0.25) is 18.6 Å². The molecule has 10 heteroatoms. The number of carbonyl (C=O) groups excluding carboxylic acids is 2. The number of allylic oxidation sites excluding steroid dienone is 6. The van der Waals surface area contributed by atoms with Crippen molar-refractivity contribution in [3.8, 4) is 0 Å². The smallest absolute Gasteiger partial charge is 0.462 e. The summed E-state index contributed by atoms with van der Waals surface area (Å²) in [5.74, 6) is -0.829. The molecule has 0 radical (unpaired) electrons. The first-order chi connectivity index (χ1) is 24.0. The van der Waals surface area contributed by atoms with E-state index >= 15 is 0 Å². The van der Waals surface area contributed by atoms with Gasteiger partial charge >= 0.3 is 19.8 Å². The molecule has 0 aliphatic rings. The number of hydrogen-bond acceptors (Lipinski definition) is 7. The van der Waals surface area contributed by atoms with Crippen molar-refractivity contribution in [3.05, 3.63) is 36.5 Å². The zero-order valence-corrected chi connectivity index (χ0v) is 33.5. The molecule has 0 aliphatic carbocycles. The van der Waals surface area contributed by atoms with Crippen molar-refractivity contribution in [1.29, 1.82) is 0 Å². The monoisotopic (exact) mass is 729 g/mol. The van der Waals surface area contributed by atoms with E-state index in [9.17, 15) is 19.0 Å². The van der Waals surface area contributed by atoms with Gasteiger partial charge in [-0.15, -0.1) is 0 Å². The van der Waals surface area contributed by atoms with Crippen LogP contribution >= 0.6 is 7.82 Å². The highest BCUT2D eigenvalue weighted by molar-refractivity contribution is 7.47. The maximum Gasteiger partial charge on any atom is 0.472 e. The number of unbranched alkanes of at least 4 members (excludes halogenated alkanes) is 15. The summed E-state index contributed by atoms with van der Waals surface area (Å²) in [6.07, 6.45) is 34.7. The van der Waals surface area contributed by atoms with Gasteiger partial charge in [0, 0.05) is 12.8 Å². The third-order valence-electron chi connectivity index (χ3n) is 8.14. The summed E-state index contributed by atoms with van der Waals surface area (Å²) >= 11 is 0. The van der Waals surface area contributed by atoms with Gasteiger partial charge in [-0.1, -0.05) is 115 Å². The lowest BCUT2D eigenvalue weighted by Crippen LogP contribution is -2.37. The van der Waals surface area contributed by atoms with Crippen LogP contribution in [0.5, 0.6) is 0 Å². The molecule has 50 heavy (non-hydrogen) atoms. The fourth-order valence-electron chi connectivity index (χ4n) is 4.96. The number of carbonyl (C=O) groups is 2. The number of phosphoric ester groups is 1. The van der Waals surface area contributed by atoms with Crippen molar-refractivity contribution < 1.29 is 42.1 Å². The molecule has 1 N–H and O–H groups in total. The molecule has 0 saturated carbocycles. The summed E-state index contributed by atoms with van der Waals surface area (Å²) in [6.45, 7) is 4.31. The Morgan fingerprint density at radius 2 is 1.10 bits per heavy atom. The highest BCUT2D eigenvalue weighted by Gasteiger charge is 2.27. The average Bonchev–Trinajstić information content (AvgIpc) is 3.06. The van der Waals surface area contributed by atoms with Crippen LogP contribution in [0.1, 0.15) is 155 Å². The van der Waals surface area contributed by atoms with Crippen molar-refractivity contribution in [2.45, 2.75) is 161 Å². The fourth-order valence-corrected chi connectivity index (χ4v) is 5.71. The summed E-state index contributed by atoms with van der Waals surface area (Å²) in [5, 5.41) is 0. The molecule has 0 saturated heterocycles. The van der Waals surface area contributed by atoms with Crippen LogP contribution in [0.3, 0.4) is 0 Å². The summed E-state index contributed by atoms with van der Waals surface area (Å²) < 4.78 is 34.1. The predicted molar refractivity (Wildman–Crippen MR) is 206 cm³/mol. The van der Waals surface area contributed by atoms with Crippen LogP contribution in [0.25, 0.3) is 0 Å². The summed E-state index contributed by atoms with van der Waals surface area (Å²) in [4.78, 5) is 35.2. The van der Waals surface area contributed by atoms with E-state index in [-0.39, 0.29) is 32.0 Å². The van der Waals surface area contributed by atoms with E-state index in [1.54, 1.807) is 0 Å². The van der Waals surface area contributed by atoms with Crippen molar-refractivity contribution in [2.24, 2.45) is 0 Å². The first-order valence-electron chi connectivity index (χ1n) is 19.7. The lowest BCUT2D eigenvalue weighted by atomic mass is 10.1. The minimum atomic E-state index is -4.37. The van der Waals surface area contributed by atoms with Gasteiger partial charge in [0.25, 0.3) is 0 Å². The number of esters is 2. The molecule has 0 aromatic heterocycles. The molecule has 0 amide bonds. The highest BCUT2D eigenvalue weighted by Crippen LogP contribution is 2.43. The first-order valence-corrected chi connectivity index (χ1v) is 21.2. The van der Waals surface area contributed by atoms with Crippen molar-refractivity contribution in [3.63, 3.8) is 0 Å². The van der Waals surface area contributed by atoms with E-state index in [0.717, 1.165) is 83.5 Å². The van der Waals surface area contributed by atoms with Crippen LogP contribution < -0.4 is 0 Å². The van der Waals surface area contributed by atoms with Crippen LogP contribution in [0.4, 0.5) is 0 Å². The van der Waals surface area contributed by atoms with Crippen LogP contribution in [0.15, 0.2) is 36.5 Å². The largest absolute Gasteiger partial charge is 0.472 e. The number of phosphoric acid groups is 1. The molecular weight excluding hydrogens is 653 g/mol. The molecule has 0 fully saturated rings. The van der Waals surface area contributed by atoms with Crippen LogP contribution in [-0.4, -0.2) is 74.9 Å². The summed E-state index contributed by atoms with van der Waals surface area (Å²) in [5.41, 5.74) is 0. The van der Waals surface area contributed by atoms with E-state index in [1.807, 2.05) is 21.1 Å². The van der Waals surface area contributed by atoms with Crippen LogP contribution in [0.2, 0.25) is 0 Å². The lowest BCUT2D eigenvalue weighted by Gasteiger charge is -2.24. The Kier molecular flexibility index (Phi) is 31.9. The van der Waals surface area contributed by atoms with Crippen LogP contribution in [-0.2, 0) is 32.7 Å². The molecule has 0 heterocycles. The number of likely N-dealkylation sites (N-methyl/N-ethyl adjacent to an activating group) is 1. The van der Waals surface area contributed by atoms with Crippen molar-refractivity contribution >= 4 is 19.8 Å².